The summed E-state index contributed by atoms with van der Waals surface area (Å²) in [6.45, 7) is 4.47. The summed E-state index contributed by atoms with van der Waals surface area (Å²) < 4.78 is 65.4. The number of carbonyl (C=O) groups is 2. The van der Waals surface area contributed by atoms with Crippen LogP contribution in [0.2, 0.25) is 0 Å². The molecule has 196 valence electrons. The van der Waals surface area contributed by atoms with Crippen LogP contribution in [0.4, 0.5) is 28.9 Å². The smallest absolute Gasteiger partial charge is 0.416 e. The SMILES string of the molecule is Cc1cc(C(=O)OCC(=O)Nc2cc(C(F)(F)F)ccc2N2CCOCC2)c(C)n1-c1ccc(F)cc1. The van der Waals surface area contributed by atoms with E-state index < -0.39 is 36.0 Å². The van der Waals surface area contributed by atoms with E-state index in [0.717, 1.165) is 12.1 Å². The van der Waals surface area contributed by atoms with E-state index in [-0.39, 0.29) is 11.3 Å². The van der Waals surface area contributed by atoms with Gasteiger partial charge in [0.05, 0.1) is 35.7 Å². The maximum atomic E-state index is 13.3. The van der Waals surface area contributed by atoms with Crippen molar-refractivity contribution in [2.75, 3.05) is 43.1 Å². The molecule has 0 unspecified atom stereocenters. The van der Waals surface area contributed by atoms with Gasteiger partial charge < -0.3 is 24.3 Å². The number of morpholine rings is 1. The minimum absolute atomic E-state index is 0.0349. The number of hydrogen-bond acceptors (Lipinski definition) is 5. The molecule has 1 amide bonds. The minimum atomic E-state index is -4.59. The van der Waals surface area contributed by atoms with Crippen LogP contribution >= 0.6 is 0 Å². The molecule has 37 heavy (non-hydrogen) atoms. The van der Waals surface area contributed by atoms with Crippen LogP contribution in [-0.4, -0.2) is 49.4 Å². The number of ether oxygens (including phenoxy) is 2. The minimum Gasteiger partial charge on any atom is -0.452 e. The molecule has 1 aliphatic heterocycles. The lowest BCUT2D eigenvalue weighted by Gasteiger charge is -2.31. The van der Waals surface area contributed by atoms with Crippen molar-refractivity contribution in [2.24, 2.45) is 0 Å². The van der Waals surface area contributed by atoms with E-state index in [0.29, 0.717) is 49.1 Å². The number of amides is 1. The van der Waals surface area contributed by atoms with E-state index in [1.807, 2.05) is 4.90 Å². The zero-order chi connectivity index (χ0) is 26.7. The summed E-state index contributed by atoms with van der Waals surface area (Å²) in [4.78, 5) is 27.1. The van der Waals surface area contributed by atoms with E-state index in [4.69, 9.17) is 9.47 Å². The third-order valence-electron chi connectivity index (χ3n) is 6.02. The lowest BCUT2D eigenvalue weighted by atomic mass is 10.1. The highest BCUT2D eigenvalue weighted by Crippen LogP contribution is 2.35. The second-order valence-electron chi connectivity index (χ2n) is 8.55. The number of alkyl halides is 3. The zero-order valence-corrected chi connectivity index (χ0v) is 20.2. The summed E-state index contributed by atoms with van der Waals surface area (Å²) in [5, 5.41) is 2.45. The molecule has 1 saturated heterocycles. The van der Waals surface area contributed by atoms with Gasteiger partial charge in [-0.25, -0.2) is 9.18 Å². The first-order valence-corrected chi connectivity index (χ1v) is 11.5. The van der Waals surface area contributed by atoms with E-state index in [9.17, 15) is 27.2 Å². The summed E-state index contributed by atoms with van der Waals surface area (Å²) in [5.74, 6) is -1.95. The number of nitrogens with one attached hydrogen (secondary N) is 1. The number of hydrogen-bond donors (Lipinski definition) is 1. The monoisotopic (exact) mass is 519 g/mol. The molecular weight excluding hydrogens is 494 g/mol. The van der Waals surface area contributed by atoms with Crippen molar-refractivity contribution in [3.8, 4) is 5.69 Å². The summed E-state index contributed by atoms with van der Waals surface area (Å²) in [5.41, 5.74) is 1.55. The van der Waals surface area contributed by atoms with Crippen LogP contribution in [-0.2, 0) is 20.4 Å². The second kappa shape index (κ2) is 10.6. The fourth-order valence-electron chi connectivity index (χ4n) is 4.24. The van der Waals surface area contributed by atoms with Gasteiger partial charge in [-0.05, 0) is 62.4 Å². The Morgan fingerprint density at radius 2 is 1.70 bits per heavy atom. The number of esters is 1. The van der Waals surface area contributed by atoms with Crippen molar-refractivity contribution >= 4 is 23.3 Å². The molecular formula is C26H25F4N3O4. The molecule has 1 N–H and O–H groups in total. The molecule has 1 fully saturated rings. The van der Waals surface area contributed by atoms with Gasteiger partial charge in [0.25, 0.3) is 5.91 Å². The second-order valence-corrected chi connectivity index (χ2v) is 8.55. The maximum absolute atomic E-state index is 13.3. The lowest BCUT2D eigenvalue weighted by molar-refractivity contribution is -0.137. The van der Waals surface area contributed by atoms with Crippen LogP contribution < -0.4 is 10.2 Å². The molecule has 11 heteroatoms. The van der Waals surface area contributed by atoms with Gasteiger partial charge in [-0.3, -0.25) is 4.79 Å². The summed E-state index contributed by atoms with van der Waals surface area (Å²) in [6.07, 6.45) is -4.59. The Bertz CT molecular complexity index is 1300. The molecule has 0 spiro atoms. The first-order valence-electron chi connectivity index (χ1n) is 11.5. The average molecular weight is 519 g/mol. The molecule has 3 aromatic rings. The van der Waals surface area contributed by atoms with Crippen LogP contribution in [0, 0.1) is 19.7 Å². The van der Waals surface area contributed by atoms with E-state index >= 15 is 0 Å². The third-order valence-corrected chi connectivity index (χ3v) is 6.02. The number of rotatable bonds is 6. The van der Waals surface area contributed by atoms with E-state index in [1.165, 1.54) is 18.2 Å². The number of carbonyl (C=O) groups excluding carboxylic acids is 2. The Morgan fingerprint density at radius 1 is 1.03 bits per heavy atom. The molecule has 4 rings (SSSR count). The van der Waals surface area contributed by atoms with Gasteiger partial charge in [-0.15, -0.1) is 0 Å². The zero-order valence-electron chi connectivity index (χ0n) is 20.2. The average Bonchev–Trinajstić information content (AvgIpc) is 3.17. The molecule has 2 aromatic carbocycles. The summed E-state index contributed by atoms with van der Waals surface area (Å²) in [6, 6.07) is 10.4. The van der Waals surface area contributed by atoms with Crippen molar-refractivity contribution in [1.82, 2.24) is 4.57 Å². The van der Waals surface area contributed by atoms with Crippen LogP contribution in [0.3, 0.4) is 0 Å². The van der Waals surface area contributed by atoms with E-state index in [2.05, 4.69) is 5.32 Å². The summed E-state index contributed by atoms with van der Waals surface area (Å²) in [7, 11) is 0. The van der Waals surface area contributed by atoms with Crippen molar-refractivity contribution in [2.45, 2.75) is 20.0 Å². The quantitative estimate of drug-likeness (QED) is 0.371. The number of halogens is 4. The maximum Gasteiger partial charge on any atom is 0.416 e. The number of anilines is 2. The Labute approximate surface area is 210 Å². The lowest BCUT2D eigenvalue weighted by Crippen LogP contribution is -2.37. The predicted molar refractivity (Wildman–Crippen MR) is 129 cm³/mol. The first-order chi connectivity index (χ1) is 17.5. The Morgan fingerprint density at radius 3 is 2.35 bits per heavy atom. The topological polar surface area (TPSA) is 72.8 Å². The first kappa shape index (κ1) is 26.2. The third kappa shape index (κ3) is 5.93. The molecule has 0 aliphatic carbocycles. The van der Waals surface area contributed by atoms with Gasteiger partial charge in [0.1, 0.15) is 5.82 Å². The molecule has 2 heterocycles. The highest BCUT2D eigenvalue weighted by Gasteiger charge is 2.32. The van der Waals surface area contributed by atoms with Crippen molar-refractivity contribution < 1.29 is 36.6 Å². The van der Waals surface area contributed by atoms with Gasteiger partial charge in [0.2, 0.25) is 0 Å². The molecule has 1 aliphatic rings. The standard InChI is InChI=1S/C26H25F4N3O4/c1-16-13-21(17(2)33(16)20-6-4-19(27)5-7-20)25(35)37-15-24(34)31-22-14-18(26(28,29)30)3-8-23(22)32-9-11-36-12-10-32/h3-8,13-14H,9-12,15H2,1-2H3,(H,31,34). The Balaban J connectivity index is 1.48. The van der Waals surface area contributed by atoms with Gasteiger partial charge in [0.15, 0.2) is 6.61 Å². The molecule has 0 bridgehead atoms. The highest BCUT2D eigenvalue weighted by molar-refractivity contribution is 5.98. The van der Waals surface area contributed by atoms with Crippen LogP contribution in [0.5, 0.6) is 0 Å². The van der Waals surface area contributed by atoms with Gasteiger partial charge >= 0.3 is 12.1 Å². The number of benzene rings is 2. The van der Waals surface area contributed by atoms with Gasteiger partial charge in [-0.2, -0.15) is 13.2 Å². The fourth-order valence-corrected chi connectivity index (χ4v) is 4.24. The normalized spacial score (nSPS) is 13.9. The Hall–Kier alpha value is -3.86. The molecule has 0 atom stereocenters. The number of nitrogens with zero attached hydrogens (tertiary/aromatic N) is 2. The highest BCUT2D eigenvalue weighted by atomic mass is 19.4. The van der Waals surface area contributed by atoms with Gasteiger partial charge in [-0.1, -0.05) is 0 Å². The molecule has 1 aromatic heterocycles. The Kier molecular flexibility index (Phi) is 7.53. The molecule has 0 saturated carbocycles. The molecule has 7 nitrogen and oxygen atoms in total. The van der Waals surface area contributed by atoms with Crippen molar-refractivity contribution in [3.63, 3.8) is 0 Å². The van der Waals surface area contributed by atoms with E-state index in [1.54, 1.807) is 36.6 Å². The fraction of sp³-hybridized carbons (Fsp3) is 0.308. The van der Waals surface area contributed by atoms with Crippen molar-refractivity contribution in [1.29, 1.82) is 0 Å². The van der Waals surface area contributed by atoms with Crippen molar-refractivity contribution in [3.05, 3.63) is 76.9 Å². The predicted octanol–water partition coefficient (Wildman–Crippen LogP) is 4.88. The van der Waals surface area contributed by atoms with Gasteiger partial charge in [0, 0.05) is 30.2 Å². The molecule has 0 radical (unpaired) electrons. The number of aryl methyl sites for hydroxylation is 1. The van der Waals surface area contributed by atoms with Crippen LogP contribution in [0.15, 0.2) is 48.5 Å². The van der Waals surface area contributed by atoms with Crippen LogP contribution in [0.1, 0.15) is 27.3 Å². The number of aromatic nitrogens is 1. The summed E-state index contributed by atoms with van der Waals surface area (Å²) >= 11 is 0. The van der Waals surface area contributed by atoms with Crippen LogP contribution in [0.25, 0.3) is 5.69 Å². The largest absolute Gasteiger partial charge is 0.452 e.